The van der Waals surface area contributed by atoms with Crippen LogP contribution in [0.2, 0.25) is 0 Å². The summed E-state index contributed by atoms with van der Waals surface area (Å²) in [5, 5.41) is 7.87. The number of aryl methyl sites for hydroxylation is 1. The molecular weight excluding hydrogens is 378 g/mol. The zero-order valence-corrected chi connectivity index (χ0v) is 17.6. The maximum Gasteiger partial charge on any atom is 0.160 e. The number of nitrogen functional groups attached to an aromatic ring is 1. The molecule has 3 rings (SSSR count). The molecule has 2 aromatic carbocycles. The van der Waals surface area contributed by atoms with Gasteiger partial charge in [-0.25, -0.2) is 0 Å². The van der Waals surface area contributed by atoms with Gasteiger partial charge in [0, 0.05) is 28.7 Å². The summed E-state index contributed by atoms with van der Waals surface area (Å²) in [5.74, 6) is 2.17. The minimum atomic E-state index is 0.435. The van der Waals surface area contributed by atoms with Gasteiger partial charge in [0.2, 0.25) is 0 Å². The molecule has 0 radical (unpaired) electrons. The van der Waals surface area contributed by atoms with E-state index in [1.807, 2.05) is 42.5 Å². The topological polar surface area (TPSA) is 90.5 Å². The van der Waals surface area contributed by atoms with E-state index in [0.717, 1.165) is 41.0 Å². The summed E-state index contributed by atoms with van der Waals surface area (Å²) in [4.78, 5) is 4.30. The smallest absolute Gasteiger partial charge is 0.160 e. The van der Waals surface area contributed by atoms with Crippen molar-refractivity contribution in [1.29, 1.82) is 5.41 Å². The predicted molar refractivity (Wildman–Crippen MR) is 120 cm³/mol. The fourth-order valence-corrected chi connectivity index (χ4v) is 3.22. The molecule has 0 spiro atoms. The van der Waals surface area contributed by atoms with Crippen molar-refractivity contribution in [2.45, 2.75) is 19.8 Å². The van der Waals surface area contributed by atoms with E-state index in [-0.39, 0.29) is 0 Å². The van der Waals surface area contributed by atoms with Crippen LogP contribution in [0.5, 0.6) is 17.2 Å². The van der Waals surface area contributed by atoms with Crippen LogP contribution in [0.25, 0.3) is 11.1 Å². The van der Waals surface area contributed by atoms with Gasteiger partial charge < -0.3 is 25.4 Å². The third kappa shape index (κ3) is 5.08. The summed E-state index contributed by atoms with van der Waals surface area (Å²) >= 11 is 0. The Kier molecular flexibility index (Phi) is 6.91. The molecule has 0 atom stereocenters. The Morgan fingerprint density at radius 1 is 0.967 bits per heavy atom. The third-order valence-electron chi connectivity index (χ3n) is 4.83. The van der Waals surface area contributed by atoms with E-state index in [4.69, 9.17) is 25.4 Å². The number of pyridine rings is 1. The Hall–Kier alpha value is -3.54. The van der Waals surface area contributed by atoms with Gasteiger partial charge in [-0.05, 0) is 61.2 Å². The molecule has 0 bridgehead atoms. The molecule has 1 heterocycles. The normalized spacial score (nSPS) is 10.5. The number of methoxy groups -OCH3 is 2. The molecule has 156 valence electrons. The largest absolute Gasteiger partial charge is 0.493 e. The Morgan fingerprint density at radius 2 is 1.77 bits per heavy atom. The molecule has 0 aliphatic heterocycles. The standard InChI is InChI=1S/C24H27N3O3/c1-16(25)21-13-18(7-8-22(21)26)19-12-20(15-27-14-19)30-10-4-5-17-6-9-23(28-2)24(11-17)29-3/h6-9,11-15,25H,4-5,10,26H2,1-3H3. The van der Waals surface area contributed by atoms with Gasteiger partial charge in [-0.2, -0.15) is 0 Å². The van der Waals surface area contributed by atoms with Crippen molar-refractivity contribution in [3.05, 3.63) is 66.0 Å². The fraction of sp³-hybridized carbons (Fsp3) is 0.250. The molecule has 0 unspecified atom stereocenters. The van der Waals surface area contributed by atoms with Crippen molar-refractivity contribution in [3.63, 3.8) is 0 Å². The molecule has 30 heavy (non-hydrogen) atoms. The lowest BCUT2D eigenvalue weighted by Gasteiger charge is -2.11. The maximum atomic E-state index is 7.87. The van der Waals surface area contributed by atoms with E-state index in [1.54, 1.807) is 33.5 Å². The fourth-order valence-electron chi connectivity index (χ4n) is 3.22. The quantitative estimate of drug-likeness (QED) is 0.305. The Bertz CT molecular complexity index is 1030. The van der Waals surface area contributed by atoms with Crippen LogP contribution in [0.15, 0.2) is 54.9 Å². The van der Waals surface area contributed by atoms with Gasteiger partial charge in [0.05, 0.1) is 27.0 Å². The van der Waals surface area contributed by atoms with Crippen molar-refractivity contribution in [3.8, 4) is 28.4 Å². The first kappa shape index (κ1) is 21.2. The molecule has 0 amide bonds. The van der Waals surface area contributed by atoms with Gasteiger partial charge in [-0.3, -0.25) is 4.98 Å². The highest BCUT2D eigenvalue weighted by Gasteiger charge is 2.07. The van der Waals surface area contributed by atoms with Gasteiger partial charge >= 0.3 is 0 Å². The lowest BCUT2D eigenvalue weighted by molar-refractivity contribution is 0.309. The number of ether oxygens (including phenoxy) is 3. The molecule has 6 heteroatoms. The average Bonchev–Trinajstić information content (AvgIpc) is 2.76. The summed E-state index contributed by atoms with van der Waals surface area (Å²) in [6.45, 7) is 2.30. The summed E-state index contributed by atoms with van der Waals surface area (Å²) < 4.78 is 16.5. The van der Waals surface area contributed by atoms with E-state index in [0.29, 0.717) is 23.8 Å². The number of nitrogens with one attached hydrogen (secondary N) is 1. The van der Waals surface area contributed by atoms with Crippen LogP contribution in [0, 0.1) is 5.41 Å². The highest BCUT2D eigenvalue weighted by molar-refractivity contribution is 6.02. The number of nitrogens with zero attached hydrogens (tertiary/aromatic N) is 1. The molecule has 1 aromatic heterocycles. The van der Waals surface area contributed by atoms with Crippen LogP contribution in [-0.2, 0) is 6.42 Å². The van der Waals surface area contributed by atoms with Crippen LogP contribution < -0.4 is 19.9 Å². The molecule has 6 nitrogen and oxygen atoms in total. The Morgan fingerprint density at radius 3 is 2.50 bits per heavy atom. The van der Waals surface area contributed by atoms with Crippen molar-refractivity contribution in [2.24, 2.45) is 0 Å². The maximum absolute atomic E-state index is 7.87. The first-order chi connectivity index (χ1) is 14.5. The van der Waals surface area contributed by atoms with Crippen LogP contribution in [0.3, 0.4) is 0 Å². The summed E-state index contributed by atoms with van der Waals surface area (Å²) in [7, 11) is 3.27. The Labute approximate surface area is 177 Å². The predicted octanol–water partition coefficient (Wildman–Crippen LogP) is 4.75. The SMILES string of the molecule is COc1ccc(CCCOc2cncc(-c3ccc(N)c(C(C)=N)c3)c2)cc1OC. The van der Waals surface area contributed by atoms with Gasteiger partial charge in [-0.15, -0.1) is 0 Å². The monoisotopic (exact) mass is 405 g/mol. The zero-order valence-electron chi connectivity index (χ0n) is 17.6. The van der Waals surface area contributed by atoms with E-state index in [9.17, 15) is 0 Å². The zero-order chi connectivity index (χ0) is 21.5. The Balaban J connectivity index is 1.61. The number of anilines is 1. The van der Waals surface area contributed by atoms with Crippen molar-refractivity contribution >= 4 is 11.4 Å². The van der Waals surface area contributed by atoms with Crippen LogP contribution >= 0.6 is 0 Å². The van der Waals surface area contributed by atoms with Crippen LogP contribution in [0.1, 0.15) is 24.5 Å². The second-order valence-electron chi connectivity index (χ2n) is 6.98. The van der Waals surface area contributed by atoms with Gasteiger partial charge in [-0.1, -0.05) is 12.1 Å². The minimum Gasteiger partial charge on any atom is -0.493 e. The molecule has 0 aliphatic carbocycles. The third-order valence-corrected chi connectivity index (χ3v) is 4.83. The highest BCUT2D eigenvalue weighted by Crippen LogP contribution is 2.28. The highest BCUT2D eigenvalue weighted by atomic mass is 16.5. The molecule has 3 aromatic rings. The molecule has 0 saturated heterocycles. The number of aromatic nitrogens is 1. The first-order valence-corrected chi connectivity index (χ1v) is 9.76. The number of nitrogens with two attached hydrogens (primary N) is 1. The lowest BCUT2D eigenvalue weighted by atomic mass is 10.0. The lowest BCUT2D eigenvalue weighted by Crippen LogP contribution is -2.01. The first-order valence-electron chi connectivity index (χ1n) is 9.76. The van der Waals surface area contributed by atoms with E-state index < -0.39 is 0 Å². The van der Waals surface area contributed by atoms with Gasteiger partial charge in [0.1, 0.15) is 5.75 Å². The molecular formula is C24H27N3O3. The summed E-state index contributed by atoms with van der Waals surface area (Å²) in [5.41, 5.74) is 10.8. The van der Waals surface area contributed by atoms with Gasteiger partial charge in [0.15, 0.2) is 11.5 Å². The minimum absolute atomic E-state index is 0.435. The van der Waals surface area contributed by atoms with Gasteiger partial charge in [0.25, 0.3) is 0 Å². The number of benzene rings is 2. The van der Waals surface area contributed by atoms with Crippen LogP contribution in [-0.4, -0.2) is 31.5 Å². The van der Waals surface area contributed by atoms with E-state index in [1.165, 1.54) is 5.56 Å². The molecule has 0 fully saturated rings. The van der Waals surface area contributed by atoms with Crippen LogP contribution in [0.4, 0.5) is 5.69 Å². The molecule has 3 N–H and O–H groups in total. The van der Waals surface area contributed by atoms with Crippen molar-refractivity contribution < 1.29 is 14.2 Å². The van der Waals surface area contributed by atoms with E-state index in [2.05, 4.69) is 4.98 Å². The second kappa shape index (κ2) is 9.78. The summed E-state index contributed by atoms with van der Waals surface area (Å²) in [6, 6.07) is 13.6. The van der Waals surface area contributed by atoms with Crippen molar-refractivity contribution in [1.82, 2.24) is 4.98 Å². The van der Waals surface area contributed by atoms with E-state index >= 15 is 0 Å². The number of rotatable bonds is 9. The summed E-state index contributed by atoms with van der Waals surface area (Å²) in [6.07, 6.45) is 5.22. The molecule has 0 aliphatic rings. The second-order valence-corrected chi connectivity index (χ2v) is 6.98. The number of hydrogen-bond acceptors (Lipinski definition) is 6. The molecule has 0 saturated carbocycles. The average molecular weight is 405 g/mol. The number of hydrogen-bond donors (Lipinski definition) is 2. The van der Waals surface area contributed by atoms with Crippen molar-refractivity contribution in [2.75, 3.05) is 26.6 Å².